The summed E-state index contributed by atoms with van der Waals surface area (Å²) in [5.41, 5.74) is 2.13. The fourth-order valence-corrected chi connectivity index (χ4v) is 3.62. The Bertz CT molecular complexity index is 812. The minimum absolute atomic E-state index is 0.0292. The first-order chi connectivity index (χ1) is 13.8. The molecule has 0 aromatic heterocycles. The van der Waals surface area contributed by atoms with E-state index in [9.17, 15) is 4.79 Å². The molecule has 0 atom stereocenters. The second-order valence-electron chi connectivity index (χ2n) is 8.78. The SMILES string of the molecule is Cc1cccc(Oc2ccc(NC(=O)CN3CCCN(C(C)(C)C)CC3)cc2)c1. The van der Waals surface area contributed by atoms with Gasteiger partial charge >= 0.3 is 0 Å². The van der Waals surface area contributed by atoms with Gasteiger partial charge in [-0.15, -0.1) is 0 Å². The van der Waals surface area contributed by atoms with Gasteiger partial charge in [-0.1, -0.05) is 12.1 Å². The van der Waals surface area contributed by atoms with Crippen LogP contribution >= 0.6 is 0 Å². The van der Waals surface area contributed by atoms with Crippen molar-refractivity contribution in [1.82, 2.24) is 9.80 Å². The summed E-state index contributed by atoms with van der Waals surface area (Å²) in [6.45, 7) is 13.2. The topological polar surface area (TPSA) is 44.8 Å². The zero-order valence-electron chi connectivity index (χ0n) is 18.1. The molecule has 0 aliphatic carbocycles. The number of rotatable bonds is 5. The van der Waals surface area contributed by atoms with E-state index in [0.29, 0.717) is 6.54 Å². The van der Waals surface area contributed by atoms with E-state index in [4.69, 9.17) is 4.74 Å². The predicted molar refractivity (Wildman–Crippen MR) is 119 cm³/mol. The number of hydrogen-bond donors (Lipinski definition) is 1. The van der Waals surface area contributed by atoms with Gasteiger partial charge in [0, 0.05) is 24.3 Å². The first-order valence-electron chi connectivity index (χ1n) is 10.4. The van der Waals surface area contributed by atoms with Crippen LogP contribution in [-0.4, -0.2) is 54.0 Å². The van der Waals surface area contributed by atoms with Crippen molar-refractivity contribution in [3.8, 4) is 11.5 Å². The van der Waals surface area contributed by atoms with E-state index >= 15 is 0 Å². The fourth-order valence-electron chi connectivity index (χ4n) is 3.62. The molecule has 29 heavy (non-hydrogen) atoms. The second-order valence-corrected chi connectivity index (χ2v) is 8.78. The molecule has 2 aromatic rings. The van der Waals surface area contributed by atoms with Crippen LogP contribution in [0.1, 0.15) is 32.8 Å². The van der Waals surface area contributed by atoms with E-state index < -0.39 is 0 Å². The monoisotopic (exact) mass is 395 g/mol. The second kappa shape index (κ2) is 9.42. The van der Waals surface area contributed by atoms with Crippen molar-refractivity contribution in [3.05, 3.63) is 54.1 Å². The molecule has 0 radical (unpaired) electrons. The Morgan fingerprint density at radius 3 is 2.45 bits per heavy atom. The van der Waals surface area contributed by atoms with Gasteiger partial charge in [0.25, 0.3) is 0 Å². The number of anilines is 1. The highest BCUT2D eigenvalue weighted by Gasteiger charge is 2.24. The van der Waals surface area contributed by atoms with Gasteiger partial charge in [-0.2, -0.15) is 0 Å². The standard InChI is InChI=1S/C24H33N3O2/c1-19-7-5-8-22(17-19)29-21-11-9-20(10-12-21)25-23(28)18-26-13-6-14-27(16-15-26)24(2,3)4/h5,7-12,17H,6,13-16,18H2,1-4H3,(H,25,28). The van der Waals surface area contributed by atoms with E-state index in [2.05, 4.69) is 35.9 Å². The van der Waals surface area contributed by atoms with Crippen LogP contribution < -0.4 is 10.1 Å². The molecule has 0 bridgehead atoms. The number of nitrogens with one attached hydrogen (secondary N) is 1. The third kappa shape index (κ3) is 6.58. The van der Waals surface area contributed by atoms with Gasteiger partial charge < -0.3 is 10.1 Å². The molecule has 1 amide bonds. The summed E-state index contributed by atoms with van der Waals surface area (Å²) in [6, 6.07) is 15.5. The van der Waals surface area contributed by atoms with Gasteiger partial charge in [0.2, 0.25) is 5.91 Å². The Labute approximate surface area is 174 Å². The molecule has 1 heterocycles. The highest BCUT2D eigenvalue weighted by atomic mass is 16.5. The molecule has 1 aliphatic heterocycles. The molecule has 3 rings (SSSR count). The number of aryl methyl sites for hydroxylation is 1. The van der Waals surface area contributed by atoms with Crippen LogP contribution in [0.25, 0.3) is 0 Å². The maximum atomic E-state index is 12.5. The summed E-state index contributed by atoms with van der Waals surface area (Å²) < 4.78 is 5.87. The van der Waals surface area contributed by atoms with Crippen molar-refractivity contribution >= 4 is 11.6 Å². The highest BCUT2D eigenvalue weighted by Crippen LogP contribution is 2.23. The van der Waals surface area contributed by atoms with Crippen LogP contribution in [0.4, 0.5) is 5.69 Å². The van der Waals surface area contributed by atoms with Crippen molar-refractivity contribution in [2.75, 3.05) is 38.0 Å². The van der Waals surface area contributed by atoms with E-state index in [1.54, 1.807) is 0 Å². The predicted octanol–water partition coefficient (Wildman–Crippen LogP) is 4.53. The number of carbonyl (C=O) groups excluding carboxylic acids is 1. The molecule has 5 nitrogen and oxygen atoms in total. The molecule has 2 aromatic carbocycles. The van der Waals surface area contributed by atoms with Crippen LogP contribution in [0.3, 0.4) is 0 Å². The van der Waals surface area contributed by atoms with Crippen LogP contribution in [-0.2, 0) is 4.79 Å². The summed E-state index contributed by atoms with van der Waals surface area (Å²) in [4.78, 5) is 17.2. The van der Waals surface area contributed by atoms with Crippen molar-refractivity contribution in [2.24, 2.45) is 0 Å². The number of amides is 1. The van der Waals surface area contributed by atoms with Crippen LogP contribution in [0.5, 0.6) is 11.5 Å². The fraction of sp³-hybridized carbons (Fsp3) is 0.458. The van der Waals surface area contributed by atoms with E-state index in [1.807, 2.05) is 55.5 Å². The lowest BCUT2D eigenvalue weighted by molar-refractivity contribution is -0.117. The average Bonchev–Trinajstić information content (AvgIpc) is 2.89. The molecule has 1 aliphatic rings. The van der Waals surface area contributed by atoms with Crippen molar-refractivity contribution < 1.29 is 9.53 Å². The van der Waals surface area contributed by atoms with Gasteiger partial charge in [-0.25, -0.2) is 0 Å². The minimum atomic E-state index is 0.0292. The molecule has 0 saturated carbocycles. The van der Waals surface area contributed by atoms with Gasteiger partial charge in [0.15, 0.2) is 0 Å². The maximum absolute atomic E-state index is 12.5. The summed E-state index contributed by atoms with van der Waals surface area (Å²) in [6.07, 6.45) is 1.09. The number of carbonyl (C=O) groups is 1. The molecular weight excluding hydrogens is 362 g/mol. The summed E-state index contributed by atoms with van der Waals surface area (Å²) in [7, 11) is 0. The first-order valence-corrected chi connectivity index (χ1v) is 10.4. The molecule has 156 valence electrons. The van der Waals surface area contributed by atoms with E-state index in [-0.39, 0.29) is 11.4 Å². The third-order valence-corrected chi connectivity index (χ3v) is 5.27. The lowest BCUT2D eigenvalue weighted by Gasteiger charge is -2.34. The lowest BCUT2D eigenvalue weighted by Crippen LogP contribution is -2.44. The van der Waals surface area contributed by atoms with Crippen molar-refractivity contribution in [3.63, 3.8) is 0 Å². The Morgan fingerprint density at radius 1 is 1.00 bits per heavy atom. The molecular formula is C24H33N3O2. The number of benzene rings is 2. The number of nitrogens with zero attached hydrogens (tertiary/aromatic N) is 2. The summed E-state index contributed by atoms with van der Waals surface area (Å²) in [5, 5.41) is 3.00. The largest absolute Gasteiger partial charge is 0.457 e. The first kappa shape index (κ1) is 21.3. The zero-order valence-corrected chi connectivity index (χ0v) is 18.1. The van der Waals surface area contributed by atoms with Gasteiger partial charge in [-0.3, -0.25) is 14.6 Å². The third-order valence-electron chi connectivity index (χ3n) is 5.27. The Hall–Kier alpha value is -2.37. The maximum Gasteiger partial charge on any atom is 0.238 e. The van der Waals surface area contributed by atoms with Gasteiger partial charge in [0.05, 0.1) is 6.54 Å². The molecule has 1 fully saturated rings. The molecule has 0 unspecified atom stereocenters. The lowest BCUT2D eigenvalue weighted by atomic mass is 10.1. The van der Waals surface area contributed by atoms with Crippen LogP contribution in [0, 0.1) is 6.92 Å². The van der Waals surface area contributed by atoms with Crippen molar-refractivity contribution in [1.29, 1.82) is 0 Å². The van der Waals surface area contributed by atoms with Crippen LogP contribution in [0.15, 0.2) is 48.5 Å². The Kier molecular flexibility index (Phi) is 6.93. The minimum Gasteiger partial charge on any atom is -0.457 e. The van der Waals surface area contributed by atoms with Gasteiger partial charge in [-0.05, 0) is 89.2 Å². The highest BCUT2D eigenvalue weighted by molar-refractivity contribution is 5.92. The summed E-state index contributed by atoms with van der Waals surface area (Å²) in [5.74, 6) is 1.59. The van der Waals surface area contributed by atoms with E-state index in [0.717, 1.165) is 55.3 Å². The van der Waals surface area contributed by atoms with Crippen LogP contribution in [0.2, 0.25) is 0 Å². The van der Waals surface area contributed by atoms with Gasteiger partial charge in [0.1, 0.15) is 11.5 Å². The smallest absolute Gasteiger partial charge is 0.238 e. The molecule has 0 spiro atoms. The number of hydrogen-bond acceptors (Lipinski definition) is 4. The van der Waals surface area contributed by atoms with E-state index in [1.165, 1.54) is 0 Å². The molecule has 5 heteroatoms. The summed E-state index contributed by atoms with van der Waals surface area (Å²) >= 11 is 0. The van der Waals surface area contributed by atoms with Crippen molar-refractivity contribution in [2.45, 2.75) is 39.7 Å². The quantitative estimate of drug-likeness (QED) is 0.808. The normalized spacial score (nSPS) is 16.3. The average molecular weight is 396 g/mol. The molecule has 1 N–H and O–H groups in total. The number of ether oxygens (including phenoxy) is 1. The zero-order chi connectivity index (χ0) is 20.9. The Morgan fingerprint density at radius 2 is 1.76 bits per heavy atom. The molecule has 1 saturated heterocycles. The Balaban J connectivity index is 1.49.